The highest BCUT2D eigenvalue weighted by Crippen LogP contribution is 2.27. The Labute approximate surface area is 120 Å². The van der Waals surface area contributed by atoms with E-state index in [9.17, 15) is 0 Å². The molecule has 0 amide bonds. The summed E-state index contributed by atoms with van der Waals surface area (Å²) in [7, 11) is 0. The Bertz CT molecular complexity index is 581. The summed E-state index contributed by atoms with van der Waals surface area (Å²) in [4.78, 5) is 4.34. The first-order valence-electron chi connectivity index (χ1n) is 7.01. The zero-order chi connectivity index (χ0) is 14.6. The first-order valence-corrected chi connectivity index (χ1v) is 7.01. The lowest BCUT2D eigenvalue weighted by Gasteiger charge is -2.25. The Morgan fingerprint density at radius 3 is 2.85 bits per heavy atom. The summed E-state index contributed by atoms with van der Waals surface area (Å²) in [6.07, 6.45) is 3.62. The van der Waals surface area contributed by atoms with Gasteiger partial charge in [-0.2, -0.15) is 0 Å². The van der Waals surface area contributed by atoms with Crippen LogP contribution >= 0.6 is 0 Å². The van der Waals surface area contributed by atoms with Crippen LogP contribution < -0.4 is 11.1 Å². The molecule has 0 atom stereocenters. The summed E-state index contributed by atoms with van der Waals surface area (Å²) in [5.74, 6) is 0. The van der Waals surface area contributed by atoms with Crippen LogP contribution in [-0.2, 0) is 0 Å². The van der Waals surface area contributed by atoms with Gasteiger partial charge in [-0.1, -0.05) is 13.8 Å². The molecule has 4 heteroatoms. The van der Waals surface area contributed by atoms with Gasteiger partial charge in [0.2, 0.25) is 0 Å². The van der Waals surface area contributed by atoms with Gasteiger partial charge < -0.3 is 16.2 Å². The van der Waals surface area contributed by atoms with Gasteiger partial charge in [-0.25, -0.2) is 0 Å². The number of fused-ring (bicyclic) bond motifs is 1. The van der Waals surface area contributed by atoms with Gasteiger partial charge in [-0.3, -0.25) is 4.98 Å². The van der Waals surface area contributed by atoms with E-state index >= 15 is 0 Å². The number of rotatable bonds is 6. The molecule has 0 bridgehead atoms. The maximum absolute atomic E-state index is 8.94. The number of aliphatic hydroxyl groups excluding tert-OH is 1. The van der Waals surface area contributed by atoms with Crippen LogP contribution in [0.4, 0.5) is 11.4 Å². The maximum Gasteiger partial charge on any atom is 0.0743 e. The van der Waals surface area contributed by atoms with Crippen molar-refractivity contribution < 1.29 is 5.11 Å². The second kappa shape index (κ2) is 6.09. The minimum atomic E-state index is 0.145. The van der Waals surface area contributed by atoms with Crippen molar-refractivity contribution in [1.29, 1.82) is 0 Å². The van der Waals surface area contributed by atoms with Crippen molar-refractivity contribution in [3.63, 3.8) is 0 Å². The zero-order valence-electron chi connectivity index (χ0n) is 12.2. The smallest absolute Gasteiger partial charge is 0.0743 e. The monoisotopic (exact) mass is 273 g/mol. The summed E-state index contributed by atoms with van der Waals surface area (Å²) in [6, 6.07) is 7.77. The van der Waals surface area contributed by atoms with Crippen LogP contribution in [0.5, 0.6) is 0 Å². The molecule has 108 valence electrons. The predicted molar refractivity (Wildman–Crippen MR) is 84.7 cm³/mol. The van der Waals surface area contributed by atoms with E-state index in [2.05, 4.69) is 24.1 Å². The molecule has 1 aromatic carbocycles. The topological polar surface area (TPSA) is 71.2 Å². The molecular formula is C16H23N3O. The van der Waals surface area contributed by atoms with Gasteiger partial charge in [-0.15, -0.1) is 0 Å². The third-order valence-electron chi connectivity index (χ3n) is 3.54. The predicted octanol–water partition coefficient (Wildman–Crippen LogP) is 3.03. The van der Waals surface area contributed by atoms with Gasteiger partial charge in [0, 0.05) is 36.1 Å². The van der Waals surface area contributed by atoms with Gasteiger partial charge in [0.05, 0.1) is 5.52 Å². The molecule has 1 heterocycles. The van der Waals surface area contributed by atoms with E-state index in [0.29, 0.717) is 0 Å². The number of hydrogen-bond acceptors (Lipinski definition) is 4. The lowest BCUT2D eigenvalue weighted by molar-refractivity contribution is 0.248. The van der Waals surface area contributed by atoms with Crippen molar-refractivity contribution in [3.05, 3.63) is 30.5 Å². The Morgan fingerprint density at radius 1 is 1.30 bits per heavy atom. The van der Waals surface area contributed by atoms with E-state index in [4.69, 9.17) is 10.8 Å². The molecule has 4 N–H and O–H groups in total. The molecule has 0 radical (unpaired) electrons. The van der Waals surface area contributed by atoms with Crippen molar-refractivity contribution in [2.24, 2.45) is 5.41 Å². The van der Waals surface area contributed by atoms with Crippen molar-refractivity contribution in [3.8, 4) is 0 Å². The SMILES string of the molecule is CC(C)(CCCO)CNc1ccnc2cc(N)ccc12. The van der Waals surface area contributed by atoms with Crippen LogP contribution in [0.25, 0.3) is 10.9 Å². The van der Waals surface area contributed by atoms with E-state index in [-0.39, 0.29) is 12.0 Å². The van der Waals surface area contributed by atoms with Crippen LogP contribution in [0.3, 0.4) is 0 Å². The van der Waals surface area contributed by atoms with Crippen molar-refractivity contribution in [1.82, 2.24) is 4.98 Å². The number of hydrogen-bond donors (Lipinski definition) is 3. The maximum atomic E-state index is 8.94. The number of anilines is 2. The largest absolute Gasteiger partial charge is 0.399 e. The molecule has 2 aromatic rings. The molecule has 4 nitrogen and oxygen atoms in total. The highest BCUT2D eigenvalue weighted by atomic mass is 16.2. The van der Waals surface area contributed by atoms with Crippen molar-refractivity contribution in [2.45, 2.75) is 26.7 Å². The lowest BCUT2D eigenvalue weighted by atomic mass is 9.88. The van der Waals surface area contributed by atoms with E-state index < -0.39 is 0 Å². The normalized spacial score (nSPS) is 11.8. The molecule has 0 saturated carbocycles. The number of aliphatic hydroxyl groups is 1. The fraction of sp³-hybridized carbons (Fsp3) is 0.438. The number of nitrogens with zero attached hydrogens (tertiary/aromatic N) is 1. The van der Waals surface area contributed by atoms with Crippen LogP contribution in [-0.4, -0.2) is 23.2 Å². The van der Waals surface area contributed by atoms with Gasteiger partial charge in [0.1, 0.15) is 0 Å². The Balaban J connectivity index is 2.14. The number of benzene rings is 1. The summed E-state index contributed by atoms with van der Waals surface area (Å²) in [5.41, 5.74) is 8.64. The van der Waals surface area contributed by atoms with Gasteiger partial charge in [-0.05, 0) is 42.5 Å². The Morgan fingerprint density at radius 2 is 2.10 bits per heavy atom. The van der Waals surface area contributed by atoms with Crippen LogP contribution in [0.15, 0.2) is 30.5 Å². The van der Waals surface area contributed by atoms with E-state index in [0.717, 1.165) is 41.7 Å². The van der Waals surface area contributed by atoms with Crippen LogP contribution in [0.1, 0.15) is 26.7 Å². The van der Waals surface area contributed by atoms with E-state index in [1.54, 1.807) is 6.20 Å². The highest BCUT2D eigenvalue weighted by molar-refractivity contribution is 5.92. The van der Waals surface area contributed by atoms with Crippen molar-refractivity contribution >= 4 is 22.3 Å². The fourth-order valence-electron chi connectivity index (χ4n) is 2.30. The molecule has 0 aliphatic rings. The van der Waals surface area contributed by atoms with Crippen molar-refractivity contribution in [2.75, 3.05) is 24.2 Å². The quantitative estimate of drug-likeness (QED) is 0.707. The highest BCUT2D eigenvalue weighted by Gasteiger charge is 2.17. The number of nitrogen functional groups attached to an aromatic ring is 1. The first kappa shape index (κ1) is 14.6. The minimum absolute atomic E-state index is 0.145. The lowest BCUT2D eigenvalue weighted by Crippen LogP contribution is -2.23. The summed E-state index contributed by atoms with van der Waals surface area (Å²) >= 11 is 0. The summed E-state index contributed by atoms with van der Waals surface area (Å²) in [5, 5.41) is 13.5. The summed E-state index contributed by atoms with van der Waals surface area (Å²) < 4.78 is 0. The molecular weight excluding hydrogens is 250 g/mol. The third-order valence-corrected chi connectivity index (χ3v) is 3.54. The first-order chi connectivity index (χ1) is 9.52. The Hall–Kier alpha value is -1.81. The standard InChI is InChI=1S/C16H23N3O/c1-16(2,7-3-9-20)11-19-14-6-8-18-15-10-12(17)4-5-13(14)15/h4-6,8,10,20H,3,7,9,11,17H2,1-2H3,(H,18,19). The van der Waals surface area contributed by atoms with Gasteiger partial charge >= 0.3 is 0 Å². The van der Waals surface area contributed by atoms with Crippen LogP contribution in [0, 0.1) is 5.41 Å². The molecule has 0 fully saturated rings. The fourth-order valence-corrected chi connectivity index (χ4v) is 2.30. The minimum Gasteiger partial charge on any atom is -0.399 e. The molecule has 0 unspecified atom stereocenters. The molecule has 0 aliphatic heterocycles. The third kappa shape index (κ3) is 3.61. The Kier molecular flexibility index (Phi) is 4.45. The second-order valence-corrected chi connectivity index (χ2v) is 5.98. The molecule has 20 heavy (non-hydrogen) atoms. The van der Waals surface area contributed by atoms with E-state index in [1.807, 2.05) is 24.3 Å². The molecule has 0 aliphatic carbocycles. The van der Waals surface area contributed by atoms with Gasteiger partial charge in [0.15, 0.2) is 0 Å². The molecule has 2 rings (SSSR count). The number of nitrogens with one attached hydrogen (secondary N) is 1. The zero-order valence-corrected chi connectivity index (χ0v) is 12.2. The average molecular weight is 273 g/mol. The molecule has 0 saturated heterocycles. The second-order valence-electron chi connectivity index (χ2n) is 5.98. The van der Waals surface area contributed by atoms with Crippen LogP contribution in [0.2, 0.25) is 0 Å². The summed E-state index contributed by atoms with van der Waals surface area (Å²) in [6.45, 7) is 5.52. The number of pyridine rings is 1. The molecule has 1 aromatic heterocycles. The van der Waals surface area contributed by atoms with E-state index in [1.165, 1.54) is 0 Å². The number of aromatic nitrogens is 1. The average Bonchev–Trinajstić information content (AvgIpc) is 2.42. The molecule has 0 spiro atoms. The van der Waals surface area contributed by atoms with Gasteiger partial charge in [0.25, 0.3) is 0 Å². The number of nitrogens with two attached hydrogens (primary N) is 1.